The van der Waals surface area contributed by atoms with E-state index in [1.54, 1.807) is 4.68 Å². The Labute approximate surface area is 125 Å². The minimum absolute atomic E-state index is 0.667. The van der Waals surface area contributed by atoms with E-state index < -0.39 is 0 Å². The van der Waals surface area contributed by atoms with Crippen molar-refractivity contribution in [2.75, 3.05) is 0 Å². The van der Waals surface area contributed by atoms with Crippen LogP contribution in [0, 0.1) is 0 Å². The van der Waals surface area contributed by atoms with E-state index in [9.17, 15) is 0 Å². The summed E-state index contributed by atoms with van der Waals surface area (Å²) < 4.78 is 2.53. The average molecular weight is 342 g/mol. The SMILES string of the molecule is Cn1nnc(Br)c1-c1ccc(Cl)cc1CNC1CC1. The van der Waals surface area contributed by atoms with Gasteiger partial charge >= 0.3 is 0 Å². The normalized spacial score (nSPS) is 14.9. The maximum atomic E-state index is 6.11. The molecule has 6 heteroatoms. The predicted molar refractivity (Wildman–Crippen MR) is 79.0 cm³/mol. The third-order valence-electron chi connectivity index (χ3n) is 3.27. The molecule has 0 bridgehead atoms. The van der Waals surface area contributed by atoms with Crippen LogP contribution in [0.15, 0.2) is 22.8 Å². The lowest BCUT2D eigenvalue weighted by molar-refractivity contribution is 0.686. The quantitative estimate of drug-likeness (QED) is 0.929. The maximum Gasteiger partial charge on any atom is 0.156 e. The van der Waals surface area contributed by atoms with Crippen molar-refractivity contribution in [2.24, 2.45) is 7.05 Å². The van der Waals surface area contributed by atoms with Crippen molar-refractivity contribution in [3.8, 4) is 11.3 Å². The molecular formula is C13H14BrClN4. The number of hydrogen-bond acceptors (Lipinski definition) is 3. The standard InChI is InChI=1S/C13H14BrClN4/c1-19-12(13(14)17-18-19)11-5-2-9(15)6-8(11)7-16-10-3-4-10/h2,5-6,10,16H,3-4,7H2,1H3. The fraction of sp³-hybridized carbons (Fsp3) is 0.385. The Hall–Kier alpha value is -0.910. The Kier molecular flexibility index (Phi) is 3.60. The summed E-state index contributed by atoms with van der Waals surface area (Å²) in [4.78, 5) is 0. The second-order valence-electron chi connectivity index (χ2n) is 4.81. The third kappa shape index (κ3) is 2.83. The van der Waals surface area contributed by atoms with E-state index >= 15 is 0 Å². The molecule has 1 saturated carbocycles. The van der Waals surface area contributed by atoms with Gasteiger partial charge in [-0.05, 0) is 46.5 Å². The molecule has 0 saturated heterocycles. The molecule has 3 rings (SSSR count). The summed E-state index contributed by atoms with van der Waals surface area (Å²) in [6.45, 7) is 0.818. The molecule has 100 valence electrons. The van der Waals surface area contributed by atoms with Crippen molar-refractivity contribution in [3.63, 3.8) is 0 Å². The summed E-state index contributed by atoms with van der Waals surface area (Å²) in [5.41, 5.74) is 3.26. The van der Waals surface area contributed by atoms with Gasteiger partial charge in [0.1, 0.15) is 5.69 Å². The summed E-state index contributed by atoms with van der Waals surface area (Å²) in [7, 11) is 1.89. The van der Waals surface area contributed by atoms with E-state index in [1.807, 2.05) is 25.2 Å². The second-order valence-corrected chi connectivity index (χ2v) is 6.00. The van der Waals surface area contributed by atoms with Gasteiger partial charge < -0.3 is 5.32 Å². The summed E-state index contributed by atoms with van der Waals surface area (Å²) >= 11 is 9.56. The van der Waals surface area contributed by atoms with Crippen molar-refractivity contribution in [1.82, 2.24) is 20.3 Å². The van der Waals surface area contributed by atoms with Gasteiger partial charge in [-0.2, -0.15) is 0 Å². The van der Waals surface area contributed by atoms with Gasteiger partial charge in [0.15, 0.2) is 4.60 Å². The smallest absolute Gasteiger partial charge is 0.156 e. The van der Waals surface area contributed by atoms with Crippen LogP contribution in [0.2, 0.25) is 5.02 Å². The third-order valence-corrected chi connectivity index (χ3v) is 4.04. The Morgan fingerprint density at radius 3 is 2.89 bits per heavy atom. The number of halogens is 2. The van der Waals surface area contributed by atoms with E-state index in [0.29, 0.717) is 6.04 Å². The van der Waals surface area contributed by atoms with Gasteiger partial charge in [0, 0.05) is 30.2 Å². The lowest BCUT2D eigenvalue weighted by atomic mass is 10.0. The lowest BCUT2D eigenvalue weighted by Crippen LogP contribution is -2.16. The highest BCUT2D eigenvalue weighted by Gasteiger charge is 2.21. The van der Waals surface area contributed by atoms with Crippen LogP contribution in [0.1, 0.15) is 18.4 Å². The fourth-order valence-corrected chi connectivity index (χ4v) is 2.83. The van der Waals surface area contributed by atoms with Crippen LogP contribution in [-0.4, -0.2) is 21.0 Å². The Bertz CT molecular complexity index is 587. The maximum absolute atomic E-state index is 6.11. The summed E-state index contributed by atoms with van der Waals surface area (Å²) in [5.74, 6) is 0. The first-order valence-corrected chi connectivity index (χ1v) is 7.39. The summed E-state index contributed by atoms with van der Waals surface area (Å²) in [5, 5.41) is 12.3. The molecule has 0 amide bonds. The van der Waals surface area contributed by atoms with Crippen LogP contribution >= 0.6 is 27.5 Å². The molecule has 0 unspecified atom stereocenters. The predicted octanol–water partition coefficient (Wildman–Crippen LogP) is 3.15. The molecule has 1 aliphatic carbocycles. The first-order chi connectivity index (χ1) is 9.15. The topological polar surface area (TPSA) is 42.7 Å². The van der Waals surface area contributed by atoms with Crippen LogP contribution in [0.4, 0.5) is 0 Å². The van der Waals surface area contributed by atoms with Gasteiger partial charge in [-0.3, -0.25) is 0 Å². The van der Waals surface area contributed by atoms with Crippen molar-refractivity contribution in [1.29, 1.82) is 0 Å². The van der Waals surface area contributed by atoms with E-state index in [-0.39, 0.29) is 0 Å². The number of nitrogens with one attached hydrogen (secondary N) is 1. The van der Waals surface area contributed by atoms with E-state index in [1.165, 1.54) is 18.4 Å². The van der Waals surface area contributed by atoms with Gasteiger partial charge in [-0.15, -0.1) is 5.10 Å². The highest BCUT2D eigenvalue weighted by Crippen LogP contribution is 2.31. The Morgan fingerprint density at radius 1 is 1.47 bits per heavy atom. The molecule has 1 aliphatic rings. The zero-order valence-corrected chi connectivity index (χ0v) is 12.9. The number of aryl methyl sites for hydroxylation is 1. The zero-order valence-electron chi connectivity index (χ0n) is 10.5. The monoisotopic (exact) mass is 340 g/mol. The molecule has 1 fully saturated rings. The van der Waals surface area contributed by atoms with Gasteiger partial charge in [0.2, 0.25) is 0 Å². The largest absolute Gasteiger partial charge is 0.310 e. The molecule has 19 heavy (non-hydrogen) atoms. The van der Waals surface area contributed by atoms with Crippen LogP contribution in [0.25, 0.3) is 11.3 Å². The van der Waals surface area contributed by atoms with Crippen LogP contribution in [0.5, 0.6) is 0 Å². The minimum atomic E-state index is 0.667. The highest BCUT2D eigenvalue weighted by atomic mass is 79.9. The first-order valence-electron chi connectivity index (χ1n) is 6.22. The number of nitrogens with zero attached hydrogens (tertiary/aromatic N) is 3. The molecular weight excluding hydrogens is 328 g/mol. The van der Waals surface area contributed by atoms with Crippen molar-refractivity contribution in [2.45, 2.75) is 25.4 Å². The minimum Gasteiger partial charge on any atom is -0.310 e. The average Bonchev–Trinajstić information content (AvgIpc) is 3.15. The molecule has 0 spiro atoms. The van der Waals surface area contributed by atoms with Crippen LogP contribution in [0.3, 0.4) is 0 Å². The number of rotatable bonds is 4. The van der Waals surface area contributed by atoms with Gasteiger partial charge in [-0.1, -0.05) is 22.9 Å². The molecule has 4 nitrogen and oxygen atoms in total. The van der Waals surface area contributed by atoms with E-state index in [2.05, 4.69) is 31.6 Å². The fourth-order valence-electron chi connectivity index (χ4n) is 2.10. The number of hydrogen-bond donors (Lipinski definition) is 1. The Morgan fingerprint density at radius 2 is 2.26 bits per heavy atom. The van der Waals surface area contributed by atoms with Crippen molar-refractivity contribution in [3.05, 3.63) is 33.4 Å². The molecule has 0 atom stereocenters. The summed E-state index contributed by atoms with van der Waals surface area (Å²) in [6, 6.07) is 6.60. The van der Waals surface area contributed by atoms with Crippen molar-refractivity contribution < 1.29 is 0 Å². The molecule has 1 aromatic heterocycles. The van der Waals surface area contributed by atoms with E-state index in [4.69, 9.17) is 11.6 Å². The highest BCUT2D eigenvalue weighted by molar-refractivity contribution is 9.10. The van der Waals surface area contributed by atoms with Crippen LogP contribution in [-0.2, 0) is 13.6 Å². The van der Waals surface area contributed by atoms with Gasteiger partial charge in [0.05, 0.1) is 0 Å². The first kappa shape index (κ1) is 13.1. The second kappa shape index (κ2) is 5.23. The molecule has 0 radical (unpaired) electrons. The number of aromatic nitrogens is 3. The number of benzene rings is 1. The van der Waals surface area contributed by atoms with E-state index in [0.717, 1.165) is 27.4 Å². The van der Waals surface area contributed by atoms with Crippen molar-refractivity contribution >= 4 is 27.5 Å². The summed E-state index contributed by atoms with van der Waals surface area (Å²) in [6.07, 6.45) is 2.54. The van der Waals surface area contributed by atoms with Gasteiger partial charge in [-0.25, -0.2) is 4.68 Å². The molecule has 0 aliphatic heterocycles. The molecule has 1 aromatic carbocycles. The zero-order chi connectivity index (χ0) is 13.4. The van der Waals surface area contributed by atoms with Crippen LogP contribution < -0.4 is 5.32 Å². The molecule has 2 aromatic rings. The Balaban J connectivity index is 1.99. The van der Waals surface area contributed by atoms with Gasteiger partial charge in [0.25, 0.3) is 0 Å². The molecule has 1 heterocycles. The lowest BCUT2D eigenvalue weighted by Gasteiger charge is -2.11. The molecule has 1 N–H and O–H groups in total.